The second-order valence-electron chi connectivity index (χ2n) is 9.17. The lowest BCUT2D eigenvalue weighted by molar-refractivity contribution is -0.120. The van der Waals surface area contributed by atoms with Gasteiger partial charge in [0.05, 0.1) is 18.9 Å². The molecule has 0 bridgehead atoms. The molecule has 0 amide bonds. The van der Waals surface area contributed by atoms with E-state index >= 15 is 0 Å². The Kier molecular flexibility index (Phi) is 6.35. The van der Waals surface area contributed by atoms with Crippen LogP contribution < -0.4 is 15.8 Å². The summed E-state index contributed by atoms with van der Waals surface area (Å²) in [6.45, 7) is 2.95. The third kappa shape index (κ3) is 4.87. The third-order valence-corrected chi connectivity index (χ3v) is 9.36. The molecular weight excluding hydrogens is 478 g/mol. The van der Waals surface area contributed by atoms with Crippen molar-refractivity contribution < 1.29 is 9.53 Å². The van der Waals surface area contributed by atoms with Crippen LogP contribution >= 0.6 is 23.5 Å². The van der Waals surface area contributed by atoms with E-state index in [4.69, 9.17) is 4.74 Å². The molecule has 6 nitrogen and oxygen atoms in total. The van der Waals surface area contributed by atoms with Gasteiger partial charge in [-0.2, -0.15) is 0 Å². The fourth-order valence-corrected chi connectivity index (χ4v) is 7.31. The van der Waals surface area contributed by atoms with Gasteiger partial charge in [0.1, 0.15) is 5.78 Å². The Labute approximate surface area is 212 Å². The van der Waals surface area contributed by atoms with Crippen LogP contribution in [0.2, 0.25) is 0 Å². The van der Waals surface area contributed by atoms with Gasteiger partial charge in [0, 0.05) is 74.6 Å². The number of pyridine rings is 1. The molecule has 0 radical (unpaired) electrons. The molecule has 2 aliphatic heterocycles. The van der Waals surface area contributed by atoms with Crippen molar-refractivity contribution in [1.82, 2.24) is 4.98 Å². The van der Waals surface area contributed by atoms with Crippen molar-refractivity contribution in [3.05, 3.63) is 58.9 Å². The number of nitrogens with zero attached hydrogens (tertiary/aromatic N) is 1. The van der Waals surface area contributed by atoms with Crippen LogP contribution in [0.15, 0.2) is 72.9 Å². The maximum atomic E-state index is 12.6. The summed E-state index contributed by atoms with van der Waals surface area (Å²) in [5, 5.41) is 3.63. The van der Waals surface area contributed by atoms with Gasteiger partial charge in [-0.25, -0.2) is 0 Å². The Morgan fingerprint density at radius 3 is 2.57 bits per heavy atom. The van der Waals surface area contributed by atoms with Crippen molar-refractivity contribution in [3.63, 3.8) is 0 Å². The number of hydrogen-bond donors (Lipinski definition) is 2. The van der Waals surface area contributed by atoms with Crippen molar-refractivity contribution in [2.24, 2.45) is 0 Å². The zero-order valence-electron chi connectivity index (χ0n) is 19.3. The van der Waals surface area contributed by atoms with Gasteiger partial charge in [-0.1, -0.05) is 35.7 Å². The van der Waals surface area contributed by atoms with E-state index in [1.54, 1.807) is 29.6 Å². The highest BCUT2D eigenvalue weighted by Crippen LogP contribution is 2.52. The summed E-state index contributed by atoms with van der Waals surface area (Å²) in [5.41, 5.74) is 3.86. The first-order chi connectivity index (χ1) is 17.1. The highest BCUT2D eigenvalue weighted by molar-refractivity contribution is 8.05. The van der Waals surface area contributed by atoms with Crippen molar-refractivity contribution in [2.75, 3.05) is 36.5 Å². The average Bonchev–Trinajstić information content (AvgIpc) is 2.88. The predicted octanol–water partition coefficient (Wildman–Crippen LogP) is 5.42. The van der Waals surface area contributed by atoms with Crippen molar-refractivity contribution in [1.29, 1.82) is 0 Å². The highest BCUT2D eigenvalue weighted by Gasteiger charge is 2.23. The molecule has 3 aliphatic rings. The van der Waals surface area contributed by atoms with E-state index < -0.39 is 0 Å². The van der Waals surface area contributed by atoms with Gasteiger partial charge in [-0.05, 0) is 43.2 Å². The molecule has 0 spiro atoms. The zero-order chi connectivity index (χ0) is 23.8. The normalized spacial score (nSPS) is 18.2. The first kappa shape index (κ1) is 22.8. The molecule has 2 aromatic carbocycles. The lowest BCUT2D eigenvalue weighted by Crippen LogP contribution is -2.36. The molecule has 3 heterocycles. The first-order valence-electron chi connectivity index (χ1n) is 12.1. The van der Waals surface area contributed by atoms with E-state index in [2.05, 4.69) is 57.7 Å². The molecule has 3 aromatic rings. The number of aromatic nitrogens is 1. The van der Waals surface area contributed by atoms with E-state index in [0.717, 1.165) is 48.6 Å². The van der Waals surface area contributed by atoms with E-state index in [9.17, 15) is 9.59 Å². The summed E-state index contributed by atoms with van der Waals surface area (Å²) in [6.07, 6.45) is 3.17. The van der Waals surface area contributed by atoms with Crippen LogP contribution in [-0.2, 0) is 9.53 Å². The number of ether oxygens (including phenoxy) is 1. The maximum absolute atomic E-state index is 12.6. The van der Waals surface area contributed by atoms with Gasteiger partial charge in [0.25, 0.3) is 0 Å². The second kappa shape index (κ2) is 9.76. The van der Waals surface area contributed by atoms with Gasteiger partial charge in [0.15, 0.2) is 0 Å². The topological polar surface area (TPSA) is 74.4 Å². The lowest BCUT2D eigenvalue weighted by atomic mass is 9.94. The van der Waals surface area contributed by atoms with Crippen LogP contribution in [-0.4, -0.2) is 43.1 Å². The Hall–Kier alpha value is -2.68. The van der Waals surface area contributed by atoms with Gasteiger partial charge in [-0.15, -0.1) is 0 Å². The van der Waals surface area contributed by atoms with Crippen LogP contribution in [0.1, 0.15) is 25.7 Å². The standard InChI is InChI=1S/C27H27N3O3S2/c31-20-7-4-17(5-8-20)28-18-6-9-23-25(14-18)34-24-3-1-2-21(27(24)35-23)22-15-19(16-26(32)29-22)30-10-12-33-13-11-30/h1-3,6,9,14-17,28H,4-5,7-8,10-13H2,(H,29,32). The summed E-state index contributed by atoms with van der Waals surface area (Å²) in [6, 6.07) is 17.0. The Morgan fingerprint density at radius 1 is 0.914 bits per heavy atom. The van der Waals surface area contributed by atoms with Crippen LogP contribution in [0.3, 0.4) is 0 Å². The maximum Gasteiger partial charge on any atom is 0.250 e. The number of rotatable bonds is 4. The number of ketones is 1. The fraction of sp³-hybridized carbons (Fsp3) is 0.333. The number of carbonyl (C=O) groups is 1. The molecule has 0 atom stereocenters. The molecule has 180 valence electrons. The minimum absolute atomic E-state index is 0.0874. The van der Waals surface area contributed by atoms with E-state index in [0.29, 0.717) is 37.9 Å². The molecule has 6 rings (SSSR count). The number of H-pyrrole nitrogens is 1. The number of anilines is 2. The fourth-order valence-electron chi connectivity index (χ4n) is 4.90. The number of hydrogen-bond acceptors (Lipinski definition) is 7. The van der Waals surface area contributed by atoms with Crippen molar-refractivity contribution in [3.8, 4) is 11.3 Å². The molecule has 1 saturated heterocycles. The van der Waals surface area contributed by atoms with E-state index in [1.165, 1.54) is 19.6 Å². The quantitative estimate of drug-likeness (QED) is 0.384. The van der Waals surface area contributed by atoms with Crippen molar-refractivity contribution >= 4 is 40.7 Å². The number of nitrogens with one attached hydrogen (secondary N) is 2. The minimum Gasteiger partial charge on any atom is -0.382 e. The van der Waals surface area contributed by atoms with E-state index in [1.807, 2.05) is 0 Å². The van der Waals surface area contributed by atoms with Crippen LogP contribution in [0.5, 0.6) is 0 Å². The molecule has 2 fully saturated rings. The molecule has 0 unspecified atom stereocenters. The molecule has 8 heteroatoms. The minimum atomic E-state index is -0.0874. The van der Waals surface area contributed by atoms with Gasteiger partial charge < -0.3 is 19.9 Å². The molecule has 1 aliphatic carbocycles. The molecular formula is C27H27N3O3S2. The largest absolute Gasteiger partial charge is 0.382 e. The summed E-state index contributed by atoms with van der Waals surface area (Å²) in [5.74, 6) is 0.379. The molecule has 35 heavy (non-hydrogen) atoms. The zero-order valence-corrected chi connectivity index (χ0v) is 21.0. The third-order valence-electron chi connectivity index (χ3n) is 6.76. The summed E-state index contributed by atoms with van der Waals surface area (Å²) < 4.78 is 5.48. The molecule has 1 aromatic heterocycles. The number of Topliss-reactive ketones (excluding diaryl/α,β-unsaturated/α-hetero) is 1. The SMILES string of the molecule is O=C1CCC(Nc2ccc3c(c2)Sc2cccc(-c4cc(N5CCOCC5)cc(=O)[nH]4)c2S3)CC1. The number of morpholine rings is 1. The Balaban J connectivity index is 1.27. The molecule has 1 saturated carbocycles. The van der Waals surface area contributed by atoms with Gasteiger partial charge in [-0.3, -0.25) is 9.59 Å². The summed E-state index contributed by atoms with van der Waals surface area (Å²) in [4.78, 5) is 34.2. The predicted molar refractivity (Wildman–Crippen MR) is 141 cm³/mol. The first-order valence-corrected chi connectivity index (χ1v) is 13.7. The van der Waals surface area contributed by atoms with Crippen LogP contribution in [0, 0.1) is 0 Å². The van der Waals surface area contributed by atoms with Gasteiger partial charge in [0.2, 0.25) is 5.56 Å². The smallest absolute Gasteiger partial charge is 0.250 e. The van der Waals surface area contributed by atoms with Gasteiger partial charge >= 0.3 is 0 Å². The number of carbonyl (C=O) groups excluding carboxylic acids is 1. The number of aromatic amines is 1. The average molecular weight is 506 g/mol. The van der Waals surface area contributed by atoms with Crippen molar-refractivity contribution in [2.45, 2.75) is 51.3 Å². The number of fused-ring (bicyclic) bond motifs is 2. The Bertz CT molecular complexity index is 1320. The molecule has 2 N–H and O–H groups in total. The lowest BCUT2D eigenvalue weighted by Gasteiger charge is -2.29. The number of benzene rings is 2. The second-order valence-corrected chi connectivity index (χ2v) is 11.3. The van der Waals surface area contributed by atoms with Crippen LogP contribution in [0.4, 0.5) is 11.4 Å². The van der Waals surface area contributed by atoms with Crippen LogP contribution in [0.25, 0.3) is 11.3 Å². The summed E-state index contributed by atoms with van der Waals surface area (Å²) >= 11 is 3.53. The Morgan fingerprint density at radius 2 is 1.74 bits per heavy atom. The monoisotopic (exact) mass is 505 g/mol. The highest BCUT2D eigenvalue weighted by atomic mass is 32.2. The van der Waals surface area contributed by atoms with E-state index in [-0.39, 0.29) is 5.56 Å². The summed E-state index contributed by atoms with van der Waals surface area (Å²) in [7, 11) is 0.